The number of aromatic amines is 1. The van der Waals surface area contributed by atoms with Gasteiger partial charge in [-0.2, -0.15) is 0 Å². The molecule has 0 radical (unpaired) electrons. The van der Waals surface area contributed by atoms with Crippen molar-refractivity contribution in [3.05, 3.63) is 53.1 Å². The zero-order chi connectivity index (χ0) is 18.7. The van der Waals surface area contributed by atoms with Gasteiger partial charge in [0.2, 0.25) is 0 Å². The van der Waals surface area contributed by atoms with Crippen molar-refractivity contribution < 1.29 is 18.7 Å². The van der Waals surface area contributed by atoms with E-state index in [1.54, 1.807) is 25.1 Å². The normalized spacial score (nSPS) is 15.0. The first kappa shape index (κ1) is 18.0. The van der Waals surface area contributed by atoms with Crippen molar-refractivity contribution in [1.82, 2.24) is 15.6 Å². The summed E-state index contributed by atoms with van der Waals surface area (Å²) in [5.41, 5.74) is 0.748. The summed E-state index contributed by atoms with van der Waals surface area (Å²) in [6, 6.07) is 7.94. The molecule has 2 aromatic rings. The molecule has 0 bridgehead atoms. The number of amides is 2. The van der Waals surface area contributed by atoms with E-state index in [0.717, 1.165) is 19.3 Å². The third-order valence-corrected chi connectivity index (χ3v) is 4.57. The molecule has 1 heterocycles. The highest BCUT2D eigenvalue weighted by molar-refractivity contribution is 5.99. The van der Waals surface area contributed by atoms with Gasteiger partial charge in [0.05, 0.1) is 0 Å². The van der Waals surface area contributed by atoms with E-state index in [1.807, 2.05) is 0 Å². The van der Waals surface area contributed by atoms with Gasteiger partial charge in [-0.25, -0.2) is 4.39 Å². The van der Waals surface area contributed by atoms with Crippen molar-refractivity contribution >= 4 is 11.8 Å². The first-order chi connectivity index (χ1) is 12.5. The number of halogens is 1. The fraction of sp³-hybridized carbons (Fsp3) is 0.368. The van der Waals surface area contributed by atoms with E-state index in [4.69, 9.17) is 4.74 Å². The molecule has 7 heteroatoms. The van der Waals surface area contributed by atoms with Gasteiger partial charge in [0, 0.05) is 24.7 Å². The highest BCUT2D eigenvalue weighted by Gasteiger charge is 2.25. The molecule has 0 unspecified atom stereocenters. The van der Waals surface area contributed by atoms with E-state index in [9.17, 15) is 14.0 Å². The third kappa shape index (κ3) is 3.71. The summed E-state index contributed by atoms with van der Waals surface area (Å²) in [5.74, 6) is -0.879. The van der Waals surface area contributed by atoms with Gasteiger partial charge < -0.3 is 20.4 Å². The summed E-state index contributed by atoms with van der Waals surface area (Å²) < 4.78 is 19.8. The number of rotatable bonds is 6. The number of carbonyl (C=O) groups is 2. The van der Waals surface area contributed by atoms with Crippen LogP contribution in [0.2, 0.25) is 0 Å². The topological polar surface area (TPSA) is 83.2 Å². The van der Waals surface area contributed by atoms with Crippen molar-refractivity contribution in [1.29, 1.82) is 0 Å². The van der Waals surface area contributed by atoms with Crippen LogP contribution in [0, 0.1) is 5.82 Å². The van der Waals surface area contributed by atoms with Gasteiger partial charge in [0.25, 0.3) is 11.8 Å². The Morgan fingerprint density at radius 1 is 1.27 bits per heavy atom. The summed E-state index contributed by atoms with van der Waals surface area (Å²) in [5, 5.41) is 5.41. The molecule has 0 aliphatic heterocycles. The smallest absolute Gasteiger partial charge is 0.271 e. The zero-order valence-corrected chi connectivity index (χ0v) is 14.8. The lowest BCUT2D eigenvalue weighted by Crippen LogP contribution is -2.39. The fourth-order valence-electron chi connectivity index (χ4n) is 2.82. The van der Waals surface area contributed by atoms with Gasteiger partial charge in [0.1, 0.15) is 23.3 Å². The number of H-pyrrole nitrogens is 1. The van der Waals surface area contributed by atoms with Gasteiger partial charge in [0.15, 0.2) is 5.75 Å². The highest BCUT2D eigenvalue weighted by Crippen LogP contribution is 2.28. The Balaban J connectivity index is 1.83. The molecule has 1 aliphatic carbocycles. The van der Waals surface area contributed by atoms with Gasteiger partial charge in [-0.3, -0.25) is 9.59 Å². The number of hydrogen-bond donors (Lipinski definition) is 3. The minimum atomic E-state index is -0.627. The predicted molar refractivity (Wildman–Crippen MR) is 94.7 cm³/mol. The van der Waals surface area contributed by atoms with Crippen molar-refractivity contribution in [3.63, 3.8) is 0 Å². The van der Waals surface area contributed by atoms with Crippen LogP contribution < -0.4 is 15.4 Å². The molecule has 0 spiro atoms. The second-order valence-corrected chi connectivity index (χ2v) is 6.38. The number of aromatic nitrogens is 1. The van der Waals surface area contributed by atoms with Crippen molar-refractivity contribution in [3.8, 4) is 5.75 Å². The lowest BCUT2D eigenvalue weighted by molar-refractivity contribution is 0.0912. The first-order valence-electron chi connectivity index (χ1n) is 8.66. The lowest BCUT2D eigenvalue weighted by Gasteiger charge is -2.25. The highest BCUT2D eigenvalue weighted by atomic mass is 19.1. The Kier molecular flexibility index (Phi) is 5.25. The lowest BCUT2D eigenvalue weighted by atomic mass is 9.93. The molecule has 6 nitrogen and oxygen atoms in total. The van der Waals surface area contributed by atoms with Crippen LogP contribution in [0.1, 0.15) is 58.8 Å². The Morgan fingerprint density at radius 3 is 2.62 bits per heavy atom. The third-order valence-electron chi connectivity index (χ3n) is 4.57. The molecule has 1 saturated carbocycles. The van der Waals surface area contributed by atoms with E-state index in [2.05, 4.69) is 15.6 Å². The summed E-state index contributed by atoms with van der Waals surface area (Å²) in [7, 11) is 1.49. The van der Waals surface area contributed by atoms with E-state index in [1.165, 1.54) is 19.2 Å². The predicted octanol–water partition coefficient (Wildman–Crippen LogP) is 2.94. The standard InChI is InChI=1S/C19H22FN3O3/c1-11(13-8-3-4-9-14(13)20)26-16-10-15(23-17(16)19(25)21-2)18(24)22-12-6-5-7-12/h3-4,8-12,23H,5-7H2,1-2H3,(H,21,25)(H,22,24)/t11-/m1/s1. The van der Waals surface area contributed by atoms with Crippen LogP contribution in [0.25, 0.3) is 0 Å². The van der Waals surface area contributed by atoms with E-state index in [0.29, 0.717) is 5.56 Å². The van der Waals surface area contributed by atoms with Gasteiger partial charge in [-0.05, 0) is 32.3 Å². The van der Waals surface area contributed by atoms with Crippen LogP contribution >= 0.6 is 0 Å². The second-order valence-electron chi connectivity index (χ2n) is 6.38. The van der Waals surface area contributed by atoms with Crippen LogP contribution in [-0.2, 0) is 0 Å². The molecule has 0 saturated heterocycles. The molecular formula is C19H22FN3O3. The summed E-state index contributed by atoms with van der Waals surface area (Å²) >= 11 is 0. The first-order valence-corrected chi connectivity index (χ1v) is 8.66. The average Bonchev–Trinajstić information content (AvgIpc) is 3.01. The molecule has 1 fully saturated rings. The molecule has 1 aromatic heterocycles. The van der Waals surface area contributed by atoms with Gasteiger partial charge in [-0.15, -0.1) is 0 Å². The van der Waals surface area contributed by atoms with Crippen molar-refractivity contribution in [2.75, 3.05) is 7.05 Å². The van der Waals surface area contributed by atoms with Crippen LogP contribution in [0.15, 0.2) is 30.3 Å². The molecule has 2 amide bonds. The molecule has 1 atom stereocenters. The van der Waals surface area contributed by atoms with Crippen LogP contribution in [0.5, 0.6) is 5.75 Å². The largest absolute Gasteiger partial charge is 0.483 e. The van der Waals surface area contributed by atoms with Crippen LogP contribution in [0.4, 0.5) is 4.39 Å². The summed E-state index contributed by atoms with van der Waals surface area (Å²) in [6.45, 7) is 1.69. The molecule has 138 valence electrons. The van der Waals surface area contributed by atoms with Crippen molar-refractivity contribution in [2.45, 2.75) is 38.3 Å². The number of ether oxygens (including phenoxy) is 1. The average molecular weight is 359 g/mol. The van der Waals surface area contributed by atoms with E-state index >= 15 is 0 Å². The monoisotopic (exact) mass is 359 g/mol. The number of carbonyl (C=O) groups excluding carboxylic acids is 2. The molecule has 1 aliphatic rings. The Hall–Kier alpha value is -2.83. The maximum atomic E-state index is 14.0. The SMILES string of the molecule is CNC(=O)c1[nH]c(C(=O)NC2CCC2)cc1O[C@H](C)c1ccccc1F. The Labute approximate surface area is 151 Å². The minimum Gasteiger partial charge on any atom is -0.483 e. The van der Waals surface area contributed by atoms with Crippen molar-refractivity contribution in [2.24, 2.45) is 0 Å². The zero-order valence-electron chi connectivity index (χ0n) is 14.8. The summed E-state index contributed by atoms with van der Waals surface area (Å²) in [4.78, 5) is 27.3. The molecule has 3 N–H and O–H groups in total. The summed E-state index contributed by atoms with van der Waals surface area (Å²) in [6.07, 6.45) is 2.40. The Bertz CT molecular complexity index is 814. The maximum Gasteiger partial charge on any atom is 0.271 e. The van der Waals surface area contributed by atoms with Gasteiger partial charge in [-0.1, -0.05) is 18.2 Å². The Morgan fingerprint density at radius 2 is 2.00 bits per heavy atom. The molecular weight excluding hydrogens is 337 g/mol. The second kappa shape index (κ2) is 7.59. The minimum absolute atomic E-state index is 0.134. The van der Waals surface area contributed by atoms with Crippen LogP contribution in [0.3, 0.4) is 0 Å². The quantitative estimate of drug-likeness (QED) is 0.741. The molecule has 3 rings (SSSR count). The maximum absolute atomic E-state index is 14.0. The number of nitrogens with one attached hydrogen (secondary N) is 3. The van der Waals surface area contributed by atoms with E-state index < -0.39 is 12.0 Å². The molecule has 26 heavy (non-hydrogen) atoms. The number of hydrogen-bond acceptors (Lipinski definition) is 3. The van der Waals surface area contributed by atoms with E-state index in [-0.39, 0.29) is 34.9 Å². The number of benzene rings is 1. The fourth-order valence-corrected chi connectivity index (χ4v) is 2.82. The van der Waals surface area contributed by atoms with Gasteiger partial charge >= 0.3 is 0 Å². The molecule has 1 aromatic carbocycles. The van der Waals surface area contributed by atoms with Crippen LogP contribution in [-0.4, -0.2) is 29.9 Å².